The molecule has 0 bridgehead atoms. The molecule has 0 amide bonds. The molecule has 100 valence electrons. The van der Waals surface area contributed by atoms with E-state index in [1.54, 1.807) is 0 Å². The molecule has 0 atom stereocenters. The Balaban J connectivity index is 2.20. The van der Waals surface area contributed by atoms with Gasteiger partial charge in [-0.2, -0.15) is 13.2 Å². The molecule has 0 aliphatic heterocycles. The number of aromatic nitrogens is 1. The summed E-state index contributed by atoms with van der Waals surface area (Å²) < 4.78 is 50.5. The zero-order valence-electron chi connectivity index (χ0n) is 9.41. The average molecular weight is 288 g/mol. The van der Waals surface area contributed by atoms with Crippen LogP contribution in [0.2, 0.25) is 0 Å². The lowest BCUT2D eigenvalue weighted by atomic mass is 10.3. The Bertz CT molecular complexity index is 581. The van der Waals surface area contributed by atoms with Crippen molar-refractivity contribution < 1.29 is 17.6 Å². The Labute approximate surface area is 110 Å². The van der Waals surface area contributed by atoms with Gasteiger partial charge in [-0.25, -0.2) is 9.37 Å². The minimum absolute atomic E-state index is 0.251. The number of anilines is 1. The topological polar surface area (TPSA) is 38.9 Å². The summed E-state index contributed by atoms with van der Waals surface area (Å²) in [6.45, 7) is 0. The summed E-state index contributed by atoms with van der Waals surface area (Å²) in [6.07, 6.45) is -3.71. The van der Waals surface area contributed by atoms with Gasteiger partial charge in [0.2, 0.25) is 0 Å². The van der Waals surface area contributed by atoms with Crippen LogP contribution in [0.4, 0.5) is 23.2 Å². The van der Waals surface area contributed by atoms with Gasteiger partial charge in [-0.1, -0.05) is 11.8 Å². The predicted octanol–water partition coefficient (Wildman–Crippen LogP) is 3.97. The Hall–Kier alpha value is -1.76. The molecule has 0 spiro atoms. The van der Waals surface area contributed by atoms with Gasteiger partial charge >= 0.3 is 6.18 Å². The molecule has 0 unspecified atom stereocenters. The fraction of sp³-hybridized carbons (Fsp3) is 0.0833. The molecular weight excluding hydrogens is 280 g/mol. The van der Waals surface area contributed by atoms with Crippen molar-refractivity contribution in [3.05, 3.63) is 47.9 Å². The molecule has 2 N–H and O–H groups in total. The lowest BCUT2D eigenvalue weighted by Crippen LogP contribution is -2.05. The highest BCUT2D eigenvalue weighted by Gasteiger charge is 2.30. The maximum absolute atomic E-state index is 13.5. The molecule has 0 fully saturated rings. The fourth-order valence-corrected chi connectivity index (χ4v) is 2.08. The van der Waals surface area contributed by atoms with Crippen LogP contribution in [0.3, 0.4) is 0 Å². The monoisotopic (exact) mass is 288 g/mol. The minimum Gasteiger partial charge on any atom is -0.399 e. The summed E-state index contributed by atoms with van der Waals surface area (Å²) in [4.78, 5) is 3.90. The molecule has 2 aromatic rings. The van der Waals surface area contributed by atoms with Gasteiger partial charge in [-0.05, 0) is 30.3 Å². The number of alkyl halides is 3. The number of halogens is 4. The van der Waals surface area contributed by atoms with E-state index in [-0.39, 0.29) is 15.6 Å². The molecule has 1 aromatic heterocycles. The molecule has 0 saturated carbocycles. The number of pyridine rings is 1. The van der Waals surface area contributed by atoms with Crippen LogP contribution in [0.15, 0.2) is 46.5 Å². The van der Waals surface area contributed by atoms with Crippen molar-refractivity contribution in [3.63, 3.8) is 0 Å². The standard InChI is InChI=1S/C12H8F4N2S/c13-9-5-8(17)2-3-10(9)19-11-4-1-7(6-18-11)12(14,15)16/h1-6H,17H2. The first kappa shape index (κ1) is 13.7. The number of benzene rings is 1. The molecule has 0 aliphatic rings. The molecule has 1 aromatic carbocycles. The third-order valence-corrected chi connectivity index (χ3v) is 3.24. The Kier molecular flexibility index (Phi) is 3.66. The van der Waals surface area contributed by atoms with Crippen molar-refractivity contribution in [2.45, 2.75) is 16.1 Å². The van der Waals surface area contributed by atoms with E-state index in [0.717, 1.165) is 30.1 Å². The van der Waals surface area contributed by atoms with Gasteiger partial charge in [-0.15, -0.1) is 0 Å². The summed E-state index contributed by atoms with van der Waals surface area (Å²) in [6, 6.07) is 6.21. The van der Waals surface area contributed by atoms with Gasteiger partial charge < -0.3 is 5.73 Å². The van der Waals surface area contributed by atoms with Gasteiger partial charge in [0.15, 0.2) is 0 Å². The van der Waals surface area contributed by atoms with Crippen molar-refractivity contribution >= 4 is 17.4 Å². The molecule has 0 radical (unpaired) electrons. The summed E-state index contributed by atoms with van der Waals surface area (Å²) >= 11 is 0.933. The molecule has 2 nitrogen and oxygen atoms in total. The Morgan fingerprint density at radius 1 is 1.11 bits per heavy atom. The molecule has 7 heteroatoms. The second-order valence-electron chi connectivity index (χ2n) is 3.67. The second kappa shape index (κ2) is 5.08. The number of rotatable bonds is 2. The van der Waals surface area contributed by atoms with Gasteiger partial charge in [0.05, 0.1) is 5.56 Å². The molecule has 0 aliphatic carbocycles. The van der Waals surface area contributed by atoms with Gasteiger partial charge in [0, 0.05) is 16.8 Å². The maximum Gasteiger partial charge on any atom is 0.417 e. The lowest BCUT2D eigenvalue weighted by Gasteiger charge is -2.07. The largest absolute Gasteiger partial charge is 0.417 e. The quantitative estimate of drug-likeness (QED) is 0.671. The van der Waals surface area contributed by atoms with E-state index in [0.29, 0.717) is 0 Å². The van der Waals surface area contributed by atoms with Gasteiger partial charge in [0.1, 0.15) is 10.8 Å². The van der Waals surface area contributed by atoms with E-state index < -0.39 is 17.6 Å². The van der Waals surface area contributed by atoms with Crippen molar-refractivity contribution in [1.82, 2.24) is 4.98 Å². The Morgan fingerprint density at radius 3 is 2.37 bits per heavy atom. The molecule has 1 heterocycles. The fourth-order valence-electron chi connectivity index (χ4n) is 1.32. The first-order valence-electron chi connectivity index (χ1n) is 5.12. The van der Waals surface area contributed by atoms with E-state index in [2.05, 4.69) is 4.98 Å². The van der Waals surface area contributed by atoms with Crippen LogP contribution in [0.25, 0.3) is 0 Å². The summed E-state index contributed by atoms with van der Waals surface area (Å²) in [5.41, 5.74) is 4.84. The smallest absolute Gasteiger partial charge is 0.399 e. The third-order valence-electron chi connectivity index (χ3n) is 2.23. The van der Waals surface area contributed by atoms with E-state index in [9.17, 15) is 17.6 Å². The number of nitrogens with two attached hydrogens (primary N) is 1. The molecular formula is C12H8F4N2S. The minimum atomic E-state index is -4.43. The van der Waals surface area contributed by atoms with E-state index in [1.807, 2.05) is 0 Å². The van der Waals surface area contributed by atoms with E-state index in [1.165, 1.54) is 18.2 Å². The molecule has 0 saturated heterocycles. The highest BCUT2D eigenvalue weighted by Crippen LogP contribution is 2.32. The van der Waals surface area contributed by atoms with Gasteiger partial charge in [0.25, 0.3) is 0 Å². The maximum atomic E-state index is 13.5. The number of hydrogen-bond donors (Lipinski definition) is 1. The van der Waals surface area contributed by atoms with Crippen LogP contribution >= 0.6 is 11.8 Å². The van der Waals surface area contributed by atoms with E-state index in [4.69, 9.17) is 5.73 Å². The zero-order valence-corrected chi connectivity index (χ0v) is 10.2. The predicted molar refractivity (Wildman–Crippen MR) is 64.2 cm³/mol. The number of nitrogen functional groups attached to an aromatic ring is 1. The summed E-state index contributed by atoms with van der Waals surface area (Å²) in [5.74, 6) is -0.535. The zero-order chi connectivity index (χ0) is 14.0. The van der Waals surface area contributed by atoms with E-state index >= 15 is 0 Å². The lowest BCUT2D eigenvalue weighted by molar-refractivity contribution is -0.137. The average Bonchev–Trinajstić information content (AvgIpc) is 2.32. The van der Waals surface area contributed by atoms with Crippen molar-refractivity contribution in [1.29, 1.82) is 0 Å². The van der Waals surface area contributed by atoms with Crippen LogP contribution in [-0.2, 0) is 6.18 Å². The summed E-state index contributed by atoms with van der Waals surface area (Å²) in [5, 5.41) is 0.275. The van der Waals surface area contributed by atoms with Crippen molar-refractivity contribution in [2.75, 3.05) is 5.73 Å². The van der Waals surface area contributed by atoms with Crippen LogP contribution in [0, 0.1) is 5.82 Å². The Morgan fingerprint density at radius 2 is 1.84 bits per heavy atom. The van der Waals surface area contributed by atoms with Crippen LogP contribution in [0.1, 0.15) is 5.56 Å². The summed E-state index contributed by atoms with van der Waals surface area (Å²) in [7, 11) is 0. The second-order valence-corrected chi connectivity index (χ2v) is 4.74. The number of nitrogens with zero attached hydrogens (tertiary/aromatic N) is 1. The SMILES string of the molecule is Nc1ccc(Sc2ccc(C(F)(F)F)cn2)c(F)c1. The van der Waals surface area contributed by atoms with Crippen LogP contribution in [-0.4, -0.2) is 4.98 Å². The third kappa shape index (κ3) is 3.37. The van der Waals surface area contributed by atoms with Crippen LogP contribution in [0.5, 0.6) is 0 Å². The first-order chi connectivity index (χ1) is 8.86. The highest BCUT2D eigenvalue weighted by atomic mass is 32.2. The van der Waals surface area contributed by atoms with Crippen molar-refractivity contribution in [2.24, 2.45) is 0 Å². The van der Waals surface area contributed by atoms with Crippen molar-refractivity contribution in [3.8, 4) is 0 Å². The molecule has 19 heavy (non-hydrogen) atoms. The highest BCUT2D eigenvalue weighted by molar-refractivity contribution is 7.99. The van der Waals surface area contributed by atoms with Gasteiger partial charge in [-0.3, -0.25) is 0 Å². The van der Waals surface area contributed by atoms with Crippen LogP contribution < -0.4 is 5.73 Å². The molecule has 2 rings (SSSR count). The number of hydrogen-bond acceptors (Lipinski definition) is 3. The normalized spacial score (nSPS) is 11.6. The first-order valence-corrected chi connectivity index (χ1v) is 5.94.